The van der Waals surface area contributed by atoms with Gasteiger partial charge in [-0.1, -0.05) is 12.8 Å². The van der Waals surface area contributed by atoms with Gasteiger partial charge in [-0.15, -0.1) is 0 Å². The number of carboxylic acid groups (broad SMARTS) is 1. The Balaban J connectivity index is 2.17. The van der Waals surface area contributed by atoms with Gasteiger partial charge >= 0.3 is 5.97 Å². The summed E-state index contributed by atoms with van der Waals surface area (Å²) in [6, 6.07) is 0.481. The van der Waals surface area contributed by atoms with Crippen molar-refractivity contribution in [3.8, 4) is 0 Å². The van der Waals surface area contributed by atoms with Crippen molar-refractivity contribution in [1.82, 2.24) is 4.90 Å². The van der Waals surface area contributed by atoms with Crippen LogP contribution in [-0.2, 0) is 4.79 Å². The first kappa shape index (κ1) is 9.00. The van der Waals surface area contributed by atoms with Crippen molar-refractivity contribution in [3.63, 3.8) is 0 Å². The number of hydrogen-bond donors (Lipinski definition) is 1. The summed E-state index contributed by atoms with van der Waals surface area (Å²) in [7, 11) is 0. The molecular weight excluding hydrogens is 166 g/mol. The Hall–Kier alpha value is -0.570. The topological polar surface area (TPSA) is 40.5 Å². The van der Waals surface area contributed by atoms with Gasteiger partial charge in [0.05, 0.1) is 0 Å². The summed E-state index contributed by atoms with van der Waals surface area (Å²) in [5.41, 5.74) is -0.488. The predicted molar refractivity (Wildman–Crippen MR) is 49.6 cm³/mol. The lowest BCUT2D eigenvalue weighted by Gasteiger charge is -2.49. The smallest absolute Gasteiger partial charge is 0.324 e. The van der Waals surface area contributed by atoms with Gasteiger partial charge in [-0.3, -0.25) is 9.69 Å². The van der Waals surface area contributed by atoms with Crippen LogP contribution in [0.25, 0.3) is 0 Å². The Morgan fingerprint density at radius 3 is 2.38 bits per heavy atom. The van der Waals surface area contributed by atoms with Crippen LogP contribution in [0.5, 0.6) is 0 Å². The Labute approximate surface area is 78.7 Å². The summed E-state index contributed by atoms with van der Waals surface area (Å²) in [6.45, 7) is 3.11. The molecule has 1 saturated heterocycles. The molecule has 0 spiro atoms. The van der Waals surface area contributed by atoms with Crippen molar-refractivity contribution < 1.29 is 9.90 Å². The number of aliphatic carboxylic acids is 1. The Morgan fingerprint density at radius 2 is 2.08 bits per heavy atom. The molecule has 74 valence electrons. The Morgan fingerprint density at radius 1 is 1.46 bits per heavy atom. The predicted octanol–water partition coefficient (Wildman–Crippen LogP) is 1.48. The second kappa shape index (κ2) is 2.98. The lowest BCUT2D eigenvalue weighted by Crippen LogP contribution is -2.62. The quantitative estimate of drug-likeness (QED) is 0.705. The monoisotopic (exact) mass is 183 g/mol. The van der Waals surface area contributed by atoms with Crippen LogP contribution in [0.4, 0.5) is 0 Å². The van der Waals surface area contributed by atoms with Crippen LogP contribution in [0.15, 0.2) is 0 Å². The maximum absolute atomic E-state index is 11.3. The third-order valence-electron chi connectivity index (χ3n) is 3.70. The molecule has 0 amide bonds. The van der Waals surface area contributed by atoms with Gasteiger partial charge in [0.1, 0.15) is 5.54 Å². The molecule has 1 aliphatic heterocycles. The van der Waals surface area contributed by atoms with E-state index >= 15 is 0 Å². The van der Waals surface area contributed by atoms with Gasteiger partial charge < -0.3 is 5.11 Å². The summed E-state index contributed by atoms with van der Waals surface area (Å²) in [5, 5.41) is 9.28. The van der Waals surface area contributed by atoms with Crippen molar-refractivity contribution in [2.45, 2.75) is 50.6 Å². The van der Waals surface area contributed by atoms with Gasteiger partial charge in [-0.2, -0.15) is 0 Å². The maximum Gasteiger partial charge on any atom is 0.324 e. The van der Waals surface area contributed by atoms with E-state index in [0.717, 1.165) is 38.6 Å². The van der Waals surface area contributed by atoms with Crippen molar-refractivity contribution in [1.29, 1.82) is 0 Å². The standard InChI is InChI=1S/C10H17NO2/c1-8-4-7-11(8)10(9(12)13)5-2-3-6-10/h8H,2-7H2,1H3,(H,12,13). The first-order chi connectivity index (χ1) is 6.17. The van der Waals surface area contributed by atoms with Crippen LogP contribution in [0, 0.1) is 0 Å². The van der Waals surface area contributed by atoms with Crippen LogP contribution >= 0.6 is 0 Å². The number of carbonyl (C=O) groups is 1. The van der Waals surface area contributed by atoms with E-state index in [2.05, 4.69) is 11.8 Å². The molecule has 0 radical (unpaired) electrons. The van der Waals surface area contributed by atoms with Gasteiger partial charge in [-0.25, -0.2) is 0 Å². The minimum Gasteiger partial charge on any atom is -0.480 e. The van der Waals surface area contributed by atoms with E-state index in [0.29, 0.717) is 6.04 Å². The third-order valence-corrected chi connectivity index (χ3v) is 3.70. The number of nitrogens with zero attached hydrogens (tertiary/aromatic N) is 1. The number of carboxylic acids is 1. The molecule has 2 rings (SSSR count). The van der Waals surface area contributed by atoms with Crippen LogP contribution in [0.1, 0.15) is 39.0 Å². The van der Waals surface area contributed by atoms with Crippen molar-refractivity contribution in [3.05, 3.63) is 0 Å². The summed E-state index contributed by atoms with van der Waals surface area (Å²) in [6.07, 6.45) is 5.03. The molecule has 1 N–H and O–H groups in total. The minimum absolute atomic E-state index is 0.481. The zero-order valence-corrected chi connectivity index (χ0v) is 8.12. The highest BCUT2D eigenvalue weighted by atomic mass is 16.4. The van der Waals surface area contributed by atoms with Crippen molar-refractivity contribution >= 4 is 5.97 Å². The van der Waals surface area contributed by atoms with Gasteiger partial charge in [0.15, 0.2) is 0 Å². The summed E-state index contributed by atoms with van der Waals surface area (Å²) in [4.78, 5) is 13.4. The molecule has 13 heavy (non-hydrogen) atoms. The molecule has 1 saturated carbocycles. The molecular formula is C10H17NO2. The molecule has 0 aromatic carbocycles. The molecule has 2 aliphatic rings. The van der Waals surface area contributed by atoms with Crippen LogP contribution in [-0.4, -0.2) is 34.1 Å². The second-order valence-electron chi connectivity index (χ2n) is 4.37. The van der Waals surface area contributed by atoms with Gasteiger partial charge in [-0.05, 0) is 26.2 Å². The van der Waals surface area contributed by atoms with Gasteiger partial charge in [0, 0.05) is 12.6 Å². The maximum atomic E-state index is 11.3. The fraction of sp³-hybridized carbons (Fsp3) is 0.900. The number of rotatable bonds is 2. The highest BCUT2D eigenvalue weighted by Gasteiger charge is 2.50. The average molecular weight is 183 g/mol. The highest BCUT2D eigenvalue weighted by Crippen LogP contribution is 2.40. The lowest BCUT2D eigenvalue weighted by molar-refractivity contribution is -0.157. The molecule has 1 aliphatic carbocycles. The van der Waals surface area contributed by atoms with E-state index in [1.807, 2.05) is 0 Å². The molecule has 1 atom stereocenters. The summed E-state index contributed by atoms with van der Waals surface area (Å²) >= 11 is 0. The molecule has 0 aromatic heterocycles. The summed E-state index contributed by atoms with van der Waals surface area (Å²) < 4.78 is 0. The summed E-state index contributed by atoms with van der Waals surface area (Å²) in [5.74, 6) is -0.600. The number of likely N-dealkylation sites (tertiary alicyclic amines) is 1. The lowest BCUT2D eigenvalue weighted by atomic mass is 9.88. The van der Waals surface area contributed by atoms with E-state index in [1.54, 1.807) is 0 Å². The molecule has 3 heteroatoms. The first-order valence-electron chi connectivity index (χ1n) is 5.17. The molecule has 2 fully saturated rings. The van der Waals surface area contributed by atoms with E-state index in [-0.39, 0.29) is 0 Å². The molecule has 3 nitrogen and oxygen atoms in total. The molecule has 1 unspecified atom stereocenters. The second-order valence-corrected chi connectivity index (χ2v) is 4.37. The van der Waals surface area contributed by atoms with E-state index in [1.165, 1.54) is 0 Å². The highest BCUT2D eigenvalue weighted by molar-refractivity contribution is 5.79. The van der Waals surface area contributed by atoms with Crippen LogP contribution in [0.3, 0.4) is 0 Å². The molecule has 0 aromatic rings. The zero-order chi connectivity index (χ0) is 9.47. The Bertz CT molecular complexity index is 221. The normalized spacial score (nSPS) is 32.8. The van der Waals surface area contributed by atoms with E-state index in [9.17, 15) is 9.90 Å². The molecule has 1 heterocycles. The largest absolute Gasteiger partial charge is 0.480 e. The fourth-order valence-electron chi connectivity index (χ4n) is 2.74. The van der Waals surface area contributed by atoms with Crippen molar-refractivity contribution in [2.24, 2.45) is 0 Å². The first-order valence-corrected chi connectivity index (χ1v) is 5.17. The van der Waals surface area contributed by atoms with E-state index in [4.69, 9.17) is 0 Å². The van der Waals surface area contributed by atoms with Gasteiger partial charge in [0.2, 0.25) is 0 Å². The Kier molecular flexibility index (Phi) is 2.06. The molecule has 0 bridgehead atoms. The average Bonchev–Trinajstić information content (AvgIpc) is 2.52. The number of hydrogen-bond acceptors (Lipinski definition) is 2. The van der Waals surface area contributed by atoms with Crippen molar-refractivity contribution in [2.75, 3.05) is 6.54 Å². The van der Waals surface area contributed by atoms with Gasteiger partial charge in [0.25, 0.3) is 0 Å². The van der Waals surface area contributed by atoms with Crippen LogP contribution < -0.4 is 0 Å². The fourth-order valence-corrected chi connectivity index (χ4v) is 2.74. The van der Waals surface area contributed by atoms with E-state index < -0.39 is 11.5 Å². The SMILES string of the molecule is CC1CCN1C1(C(=O)O)CCCC1. The third kappa shape index (κ3) is 1.17. The minimum atomic E-state index is -0.600. The zero-order valence-electron chi connectivity index (χ0n) is 8.12. The van der Waals surface area contributed by atoms with Crippen LogP contribution in [0.2, 0.25) is 0 Å².